The summed E-state index contributed by atoms with van der Waals surface area (Å²) in [4.78, 5) is 12.7. The maximum atomic E-state index is 10.7. The van der Waals surface area contributed by atoms with Crippen LogP contribution in [-0.4, -0.2) is 18.1 Å². The average Bonchev–Trinajstić information content (AvgIpc) is 2.44. The molecule has 0 amide bonds. The highest BCUT2D eigenvalue weighted by atomic mass is 35.5. The molecule has 0 bridgehead atoms. The van der Waals surface area contributed by atoms with Crippen LogP contribution in [0.4, 0.5) is 11.4 Å². The van der Waals surface area contributed by atoms with Crippen molar-refractivity contribution in [2.24, 2.45) is 0 Å². The Morgan fingerprint density at radius 1 is 1.24 bits per heavy atom. The number of aliphatic carboxylic acids is 1. The molecule has 0 saturated heterocycles. The van der Waals surface area contributed by atoms with Gasteiger partial charge in [-0.25, -0.2) is 4.79 Å². The van der Waals surface area contributed by atoms with Crippen LogP contribution in [0.25, 0.3) is 6.08 Å². The van der Waals surface area contributed by atoms with E-state index >= 15 is 0 Å². The van der Waals surface area contributed by atoms with Gasteiger partial charge in [-0.1, -0.05) is 23.7 Å². The van der Waals surface area contributed by atoms with Gasteiger partial charge >= 0.3 is 5.97 Å². The first-order chi connectivity index (χ1) is 9.97. The number of carboxylic acids is 1. The zero-order valence-electron chi connectivity index (χ0n) is 11.9. The van der Waals surface area contributed by atoms with E-state index in [-0.39, 0.29) is 0 Å². The molecule has 0 spiro atoms. The standard InChI is InChI=1S/C17H16ClNO2/c1-12-4-3-5-15(10-12)19(2)16-8-7-14(18)11-13(16)6-9-17(20)21/h3-11H,1-2H3,(H,20,21)/b9-6+. The topological polar surface area (TPSA) is 40.5 Å². The van der Waals surface area contributed by atoms with Gasteiger partial charge in [-0.3, -0.25) is 0 Å². The fourth-order valence-corrected chi connectivity index (χ4v) is 2.28. The summed E-state index contributed by atoms with van der Waals surface area (Å²) in [6, 6.07) is 13.5. The smallest absolute Gasteiger partial charge is 0.328 e. The number of nitrogens with zero attached hydrogens (tertiary/aromatic N) is 1. The molecule has 2 aromatic rings. The van der Waals surface area contributed by atoms with Crippen molar-refractivity contribution >= 4 is 35.0 Å². The molecule has 0 aliphatic carbocycles. The Morgan fingerprint density at radius 2 is 2.00 bits per heavy atom. The fourth-order valence-electron chi connectivity index (χ4n) is 2.10. The van der Waals surface area contributed by atoms with E-state index < -0.39 is 5.97 Å². The van der Waals surface area contributed by atoms with E-state index in [1.807, 2.05) is 43.1 Å². The molecule has 4 heteroatoms. The first kappa shape index (κ1) is 15.1. The number of aryl methyl sites for hydroxylation is 1. The fraction of sp³-hybridized carbons (Fsp3) is 0.118. The summed E-state index contributed by atoms with van der Waals surface area (Å²) in [5.74, 6) is -0.987. The van der Waals surface area contributed by atoms with Crippen molar-refractivity contribution in [3.8, 4) is 0 Å². The van der Waals surface area contributed by atoms with Crippen molar-refractivity contribution in [1.29, 1.82) is 0 Å². The minimum absolute atomic E-state index is 0.571. The van der Waals surface area contributed by atoms with Gasteiger partial charge in [0.05, 0.1) is 0 Å². The van der Waals surface area contributed by atoms with Crippen LogP contribution in [0.15, 0.2) is 48.5 Å². The van der Waals surface area contributed by atoms with Crippen LogP contribution < -0.4 is 4.90 Å². The third kappa shape index (κ3) is 3.86. The van der Waals surface area contributed by atoms with Gasteiger partial charge in [0.1, 0.15) is 0 Å². The molecule has 0 aliphatic heterocycles. The lowest BCUT2D eigenvalue weighted by atomic mass is 10.1. The number of carbonyl (C=O) groups is 1. The average molecular weight is 302 g/mol. The second kappa shape index (κ2) is 6.46. The maximum absolute atomic E-state index is 10.7. The molecule has 2 rings (SSSR count). The van der Waals surface area contributed by atoms with Crippen molar-refractivity contribution in [1.82, 2.24) is 0 Å². The van der Waals surface area contributed by atoms with Crippen LogP contribution in [0.5, 0.6) is 0 Å². The van der Waals surface area contributed by atoms with Crippen LogP contribution in [0, 0.1) is 6.92 Å². The summed E-state index contributed by atoms with van der Waals surface area (Å²) in [6.45, 7) is 2.03. The third-order valence-corrected chi connectivity index (χ3v) is 3.38. The first-order valence-corrected chi connectivity index (χ1v) is 6.86. The number of anilines is 2. The molecule has 0 unspecified atom stereocenters. The van der Waals surface area contributed by atoms with Gasteiger partial charge in [0.2, 0.25) is 0 Å². The predicted molar refractivity (Wildman–Crippen MR) is 87.4 cm³/mol. The Bertz CT molecular complexity index is 695. The van der Waals surface area contributed by atoms with E-state index in [0.717, 1.165) is 28.6 Å². The van der Waals surface area contributed by atoms with Gasteiger partial charge < -0.3 is 10.0 Å². The SMILES string of the molecule is Cc1cccc(N(C)c2ccc(Cl)cc2/C=C/C(=O)O)c1. The number of rotatable bonds is 4. The Morgan fingerprint density at radius 3 is 2.67 bits per heavy atom. The summed E-state index contributed by atoms with van der Waals surface area (Å²) in [5, 5.41) is 9.36. The van der Waals surface area contributed by atoms with Gasteiger partial charge in [0, 0.05) is 29.5 Å². The molecular weight excluding hydrogens is 286 g/mol. The van der Waals surface area contributed by atoms with Crippen molar-refractivity contribution in [3.63, 3.8) is 0 Å². The van der Waals surface area contributed by atoms with E-state index in [4.69, 9.17) is 16.7 Å². The number of carboxylic acid groups (broad SMARTS) is 1. The van der Waals surface area contributed by atoms with Crippen molar-refractivity contribution in [2.45, 2.75) is 6.92 Å². The third-order valence-electron chi connectivity index (χ3n) is 3.15. The molecule has 108 valence electrons. The Kier molecular flexibility index (Phi) is 4.66. The number of benzene rings is 2. The van der Waals surface area contributed by atoms with Crippen molar-refractivity contribution in [3.05, 3.63) is 64.7 Å². The molecule has 1 N–H and O–H groups in total. The lowest BCUT2D eigenvalue weighted by molar-refractivity contribution is -0.131. The summed E-state index contributed by atoms with van der Waals surface area (Å²) in [6.07, 6.45) is 2.66. The Balaban J connectivity index is 2.45. The van der Waals surface area contributed by atoms with Crippen LogP contribution in [0.3, 0.4) is 0 Å². The lowest BCUT2D eigenvalue weighted by Crippen LogP contribution is -2.11. The molecule has 0 heterocycles. The van der Waals surface area contributed by atoms with E-state index in [2.05, 4.69) is 6.07 Å². The molecule has 0 aliphatic rings. The summed E-state index contributed by atoms with van der Waals surface area (Å²) < 4.78 is 0. The van der Waals surface area contributed by atoms with Crippen LogP contribution in [0.2, 0.25) is 5.02 Å². The molecule has 2 aromatic carbocycles. The molecule has 0 saturated carbocycles. The van der Waals surface area contributed by atoms with E-state index in [9.17, 15) is 4.79 Å². The minimum atomic E-state index is -0.987. The van der Waals surface area contributed by atoms with Gasteiger partial charge in [0.15, 0.2) is 0 Å². The zero-order valence-corrected chi connectivity index (χ0v) is 12.6. The second-order valence-corrected chi connectivity index (χ2v) is 5.21. The van der Waals surface area contributed by atoms with Crippen molar-refractivity contribution in [2.75, 3.05) is 11.9 Å². The second-order valence-electron chi connectivity index (χ2n) is 4.77. The monoisotopic (exact) mass is 301 g/mol. The zero-order chi connectivity index (χ0) is 15.4. The van der Waals surface area contributed by atoms with E-state index in [1.54, 1.807) is 18.2 Å². The molecule has 0 atom stereocenters. The van der Waals surface area contributed by atoms with E-state index in [0.29, 0.717) is 5.02 Å². The van der Waals surface area contributed by atoms with Crippen LogP contribution in [0.1, 0.15) is 11.1 Å². The lowest BCUT2D eigenvalue weighted by Gasteiger charge is -2.22. The molecule has 3 nitrogen and oxygen atoms in total. The highest BCUT2D eigenvalue weighted by molar-refractivity contribution is 6.30. The molecule has 0 radical (unpaired) electrons. The quantitative estimate of drug-likeness (QED) is 0.844. The largest absolute Gasteiger partial charge is 0.478 e. The highest BCUT2D eigenvalue weighted by Crippen LogP contribution is 2.30. The van der Waals surface area contributed by atoms with Crippen LogP contribution in [-0.2, 0) is 4.79 Å². The first-order valence-electron chi connectivity index (χ1n) is 6.48. The van der Waals surface area contributed by atoms with Gasteiger partial charge in [0.25, 0.3) is 0 Å². The number of hydrogen-bond acceptors (Lipinski definition) is 2. The highest BCUT2D eigenvalue weighted by Gasteiger charge is 2.09. The van der Waals surface area contributed by atoms with Gasteiger partial charge in [-0.2, -0.15) is 0 Å². The molecular formula is C17H16ClNO2. The number of halogens is 1. The summed E-state index contributed by atoms with van der Waals surface area (Å²) >= 11 is 6.01. The van der Waals surface area contributed by atoms with Crippen LogP contribution >= 0.6 is 11.6 Å². The van der Waals surface area contributed by atoms with Gasteiger partial charge in [-0.15, -0.1) is 0 Å². The van der Waals surface area contributed by atoms with E-state index in [1.165, 1.54) is 0 Å². The predicted octanol–water partition coefficient (Wildman–Crippen LogP) is 4.51. The Hall–Kier alpha value is -2.26. The number of hydrogen-bond donors (Lipinski definition) is 1. The summed E-state index contributed by atoms with van der Waals surface area (Å²) in [7, 11) is 1.94. The molecule has 0 fully saturated rings. The van der Waals surface area contributed by atoms with Crippen molar-refractivity contribution < 1.29 is 9.90 Å². The normalized spacial score (nSPS) is 10.8. The van der Waals surface area contributed by atoms with Gasteiger partial charge in [-0.05, 0) is 54.5 Å². The molecule has 21 heavy (non-hydrogen) atoms. The molecule has 0 aromatic heterocycles. The summed E-state index contributed by atoms with van der Waals surface area (Å²) in [5.41, 5.74) is 3.84. The maximum Gasteiger partial charge on any atom is 0.328 e. The Labute approximate surface area is 129 Å². The minimum Gasteiger partial charge on any atom is -0.478 e.